The van der Waals surface area contributed by atoms with Crippen molar-refractivity contribution in [2.45, 2.75) is 26.8 Å². The van der Waals surface area contributed by atoms with Crippen LogP contribution in [0.4, 0.5) is 0 Å². The van der Waals surface area contributed by atoms with Gasteiger partial charge < -0.3 is 20.0 Å². The summed E-state index contributed by atoms with van der Waals surface area (Å²) in [5.74, 6) is 0.154. The summed E-state index contributed by atoms with van der Waals surface area (Å²) in [5.41, 5.74) is 5.74. The Hall–Kier alpha value is -1.82. The van der Waals surface area contributed by atoms with Crippen molar-refractivity contribution in [1.82, 2.24) is 9.80 Å². The zero-order valence-corrected chi connectivity index (χ0v) is 12.8. The smallest absolute Gasteiger partial charge is 0.289 e. The van der Waals surface area contributed by atoms with Crippen LogP contribution < -0.4 is 5.73 Å². The fourth-order valence-electron chi connectivity index (χ4n) is 2.25. The Morgan fingerprint density at radius 2 is 1.76 bits per heavy atom. The average molecular weight is 293 g/mol. The molecule has 0 spiro atoms. The lowest BCUT2D eigenvalue weighted by molar-refractivity contribution is -0.136. The van der Waals surface area contributed by atoms with Crippen molar-refractivity contribution in [3.8, 4) is 0 Å². The van der Waals surface area contributed by atoms with E-state index in [1.54, 1.807) is 21.9 Å². The first-order valence-corrected chi connectivity index (χ1v) is 7.18. The Kier molecular flexibility index (Phi) is 4.37. The Labute approximate surface area is 124 Å². The van der Waals surface area contributed by atoms with Crippen LogP contribution in [0.2, 0.25) is 0 Å². The van der Waals surface area contributed by atoms with E-state index in [1.807, 2.05) is 20.8 Å². The molecule has 2 heterocycles. The molecule has 0 aliphatic carbocycles. The highest BCUT2D eigenvalue weighted by Gasteiger charge is 2.33. The van der Waals surface area contributed by atoms with Crippen molar-refractivity contribution in [3.05, 3.63) is 24.2 Å². The number of furan rings is 1. The maximum atomic E-state index is 12.3. The van der Waals surface area contributed by atoms with Gasteiger partial charge in [-0.2, -0.15) is 0 Å². The summed E-state index contributed by atoms with van der Waals surface area (Å²) in [6.07, 6.45) is 1.48. The Bertz CT molecular complexity index is 497. The quantitative estimate of drug-likeness (QED) is 0.880. The molecule has 2 amide bonds. The third-order valence-corrected chi connectivity index (χ3v) is 3.81. The predicted molar refractivity (Wildman–Crippen MR) is 78.6 cm³/mol. The topological polar surface area (TPSA) is 79.8 Å². The van der Waals surface area contributed by atoms with E-state index in [2.05, 4.69) is 0 Å². The highest BCUT2D eigenvalue weighted by molar-refractivity contribution is 5.91. The lowest BCUT2D eigenvalue weighted by atomic mass is 9.86. The number of carbonyl (C=O) groups excluding carboxylic acids is 2. The van der Waals surface area contributed by atoms with Gasteiger partial charge in [0, 0.05) is 26.2 Å². The Balaban J connectivity index is 1.92. The van der Waals surface area contributed by atoms with Crippen LogP contribution in [0.5, 0.6) is 0 Å². The van der Waals surface area contributed by atoms with Crippen molar-refractivity contribution >= 4 is 11.8 Å². The first kappa shape index (κ1) is 15.6. The molecule has 1 aromatic rings. The molecular weight excluding hydrogens is 270 g/mol. The molecule has 1 saturated heterocycles. The van der Waals surface area contributed by atoms with Crippen molar-refractivity contribution in [1.29, 1.82) is 0 Å². The number of hydrogen-bond acceptors (Lipinski definition) is 4. The summed E-state index contributed by atoms with van der Waals surface area (Å²) in [6, 6.07) is 2.81. The van der Waals surface area contributed by atoms with Crippen LogP contribution in [-0.4, -0.2) is 53.8 Å². The average Bonchev–Trinajstić information content (AvgIpc) is 2.98. The summed E-state index contributed by atoms with van der Waals surface area (Å²) in [4.78, 5) is 27.9. The summed E-state index contributed by atoms with van der Waals surface area (Å²) in [5, 5.41) is 0. The number of piperazine rings is 1. The molecule has 2 rings (SSSR count). The molecule has 1 atom stereocenters. The van der Waals surface area contributed by atoms with Crippen LogP contribution in [-0.2, 0) is 4.79 Å². The number of hydrogen-bond donors (Lipinski definition) is 1. The highest BCUT2D eigenvalue weighted by Crippen LogP contribution is 2.20. The van der Waals surface area contributed by atoms with Gasteiger partial charge >= 0.3 is 0 Å². The first-order chi connectivity index (χ1) is 9.80. The first-order valence-electron chi connectivity index (χ1n) is 7.18. The maximum absolute atomic E-state index is 12.3. The number of carbonyl (C=O) groups is 2. The van der Waals surface area contributed by atoms with Crippen LogP contribution in [0.25, 0.3) is 0 Å². The number of nitrogens with two attached hydrogens (primary N) is 1. The van der Waals surface area contributed by atoms with Gasteiger partial charge in [0.15, 0.2) is 5.76 Å². The molecule has 6 nitrogen and oxygen atoms in total. The van der Waals surface area contributed by atoms with E-state index in [-0.39, 0.29) is 17.2 Å². The lowest BCUT2D eigenvalue weighted by Gasteiger charge is -2.37. The van der Waals surface area contributed by atoms with Crippen LogP contribution in [0.3, 0.4) is 0 Å². The normalized spacial score (nSPS) is 17.7. The van der Waals surface area contributed by atoms with Crippen LogP contribution in [0, 0.1) is 5.41 Å². The minimum absolute atomic E-state index is 0.0485. The molecule has 6 heteroatoms. The van der Waals surface area contributed by atoms with E-state index < -0.39 is 6.04 Å². The molecule has 1 aliphatic rings. The van der Waals surface area contributed by atoms with E-state index in [0.717, 1.165) is 0 Å². The molecule has 1 aromatic heterocycles. The van der Waals surface area contributed by atoms with E-state index in [9.17, 15) is 9.59 Å². The molecule has 0 radical (unpaired) electrons. The van der Waals surface area contributed by atoms with Gasteiger partial charge in [-0.3, -0.25) is 9.59 Å². The van der Waals surface area contributed by atoms with E-state index >= 15 is 0 Å². The Morgan fingerprint density at radius 3 is 2.24 bits per heavy atom. The van der Waals surface area contributed by atoms with Crippen LogP contribution in [0.1, 0.15) is 31.3 Å². The number of nitrogens with zero attached hydrogens (tertiary/aromatic N) is 2. The number of rotatable bonds is 2. The van der Waals surface area contributed by atoms with Gasteiger partial charge in [0.25, 0.3) is 5.91 Å². The standard InChI is InChI=1S/C15H23N3O3/c1-15(2,3)12(16)14(20)18-8-6-17(7-9-18)13(19)11-5-4-10-21-11/h4-5,10,12H,6-9,16H2,1-3H3/t12-/m1/s1. The molecule has 0 saturated carbocycles. The van der Waals surface area contributed by atoms with Crippen molar-refractivity contribution in [2.24, 2.45) is 11.1 Å². The summed E-state index contributed by atoms with van der Waals surface area (Å²) >= 11 is 0. The van der Waals surface area contributed by atoms with Gasteiger partial charge in [-0.05, 0) is 17.5 Å². The summed E-state index contributed by atoms with van der Waals surface area (Å²) in [6.45, 7) is 7.87. The maximum Gasteiger partial charge on any atom is 0.289 e. The van der Waals surface area contributed by atoms with Gasteiger partial charge in [-0.1, -0.05) is 20.8 Å². The SMILES string of the molecule is CC(C)(C)[C@H](N)C(=O)N1CCN(C(=O)c2ccco2)CC1. The summed E-state index contributed by atoms with van der Waals surface area (Å²) < 4.78 is 5.11. The van der Waals surface area contributed by atoms with Gasteiger partial charge in [0.05, 0.1) is 12.3 Å². The second-order valence-corrected chi connectivity index (χ2v) is 6.44. The molecule has 0 aromatic carbocycles. The molecule has 2 N–H and O–H groups in total. The molecule has 21 heavy (non-hydrogen) atoms. The van der Waals surface area contributed by atoms with Crippen molar-refractivity contribution in [3.63, 3.8) is 0 Å². The van der Waals surface area contributed by atoms with E-state index in [1.165, 1.54) is 6.26 Å². The highest BCUT2D eigenvalue weighted by atomic mass is 16.3. The third kappa shape index (κ3) is 3.44. The molecule has 0 bridgehead atoms. The van der Waals surface area contributed by atoms with E-state index in [4.69, 9.17) is 10.2 Å². The summed E-state index contributed by atoms with van der Waals surface area (Å²) in [7, 11) is 0. The largest absolute Gasteiger partial charge is 0.459 e. The van der Waals surface area contributed by atoms with Crippen LogP contribution in [0.15, 0.2) is 22.8 Å². The molecule has 1 fully saturated rings. The molecule has 1 aliphatic heterocycles. The third-order valence-electron chi connectivity index (χ3n) is 3.81. The molecule has 0 unspecified atom stereocenters. The van der Waals surface area contributed by atoms with Gasteiger partial charge in [-0.25, -0.2) is 0 Å². The Morgan fingerprint density at radius 1 is 1.19 bits per heavy atom. The monoisotopic (exact) mass is 293 g/mol. The van der Waals surface area contributed by atoms with Gasteiger partial charge in [0.2, 0.25) is 5.91 Å². The second kappa shape index (κ2) is 5.89. The minimum Gasteiger partial charge on any atom is -0.459 e. The van der Waals surface area contributed by atoms with Crippen molar-refractivity contribution in [2.75, 3.05) is 26.2 Å². The lowest BCUT2D eigenvalue weighted by Crippen LogP contribution is -2.56. The van der Waals surface area contributed by atoms with E-state index in [0.29, 0.717) is 31.9 Å². The fourth-order valence-corrected chi connectivity index (χ4v) is 2.25. The predicted octanol–water partition coefficient (Wildman–Crippen LogP) is 0.937. The molecular formula is C15H23N3O3. The van der Waals surface area contributed by atoms with Gasteiger partial charge in [0.1, 0.15) is 0 Å². The van der Waals surface area contributed by atoms with Crippen molar-refractivity contribution < 1.29 is 14.0 Å². The zero-order valence-electron chi connectivity index (χ0n) is 12.8. The minimum atomic E-state index is -0.523. The second-order valence-electron chi connectivity index (χ2n) is 6.44. The van der Waals surface area contributed by atoms with Crippen LogP contribution >= 0.6 is 0 Å². The zero-order chi connectivity index (χ0) is 15.6. The molecule has 116 valence electrons. The van der Waals surface area contributed by atoms with Gasteiger partial charge in [-0.15, -0.1) is 0 Å². The fraction of sp³-hybridized carbons (Fsp3) is 0.600. The number of amides is 2.